The third kappa shape index (κ3) is 3.97. The van der Waals surface area contributed by atoms with E-state index in [1.807, 2.05) is 11.8 Å². The van der Waals surface area contributed by atoms with Crippen molar-refractivity contribution in [3.63, 3.8) is 0 Å². The number of hydrogen-bond acceptors (Lipinski definition) is 5. The van der Waals surface area contributed by atoms with Crippen molar-refractivity contribution in [2.75, 3.05) is 39.9 Å². The van der Waals surface area contributed by atoms with Crippen molar-refractivity contribution in [1.82, 2.24) is 15.5 Å². The molecule has 1 heterocycles. The zero-order valence-corrected chi connectivity index (χ0v) is 10.4. The second-order valence-electron chi connectivity index (χ2n) is 4.05. The number of methoxy groups -OCH3 is 1. The predicted molar refractivity (Wildman–Crippen MR) is 63.3 cm³/mol. The highest BCUT2D eigenvalue weighted by Gasteiger charge is 2.29. The van der Waals surface area contributed by atoms with Crippen molar-refractivity contribution >= 4 is 5.91 Å². The van der Waals surface area contributed by atoms with Crippen LogP contribution in [0.25, 0.3) is 0 Å². The minimum absolute atomic E-state index is 0.0517. The van der Waals surface area contributed by atoms with Gasteiger partial charge in [0.1, 0.15) is 6.04 Å². The van der Waals surface area contributed by atoms with Crippen molar-refractivity contribution in [3.05, 3.63) is 0 Å². The summed E-state index contributed by atoms with van der Waals surface area (Å²) in [6, 6.07) is 1.71. The first-order chi connectivity index (χ1) is 8.20. The molecule has 0 aromatic rings. The number of nitriles is 1. The molecule has 1 saturated heterocycles. The van der Waals surface area contributed by atoms with E-state index in [-0.39, 0.29) is 18.0 Å². The molecule has 0 aliphatic carbocycles. The lowest BCUT2D eigenvalue weighted by molar-refractivity contribution is -0.126. The maximum absolute atomic E-state index is 11.8. The first kappa shape index (κ1) is 13.9. The molecule has 0 aromatic heterocycles. The van der Waals surface area contributed by atoms with Gasteiger partial charge in [0, 0.05) is 33.3 Å². The van der Waals surface area contributed by atoms with Crippen LogP contribution in [0, 0.1) is 11.3 Å². The summed E-state index contributed by atoms with van der Waals surface area (Å²) in [7, 11) is 1.59. The van der Waals surface area contributed by atoms with Crippen molar-refractivity contribution in [2.45, 2.75) is 19.0 Å². The van der Waals surface area contributed by atoms with Gasteiger partial charge in [0.05, 0.1) is 18.7 Å². The van der Waals surface area contributed by atoms with Gasteiger partial charge in [-0.1, -0.05) is 0 Å². The van der Waals surface area contributed by atoms with E-state index in [1.54, 1.807) is 7.11 Å². The Morgan fingerprint density at radius 3 is 3.18 bits per heavy atom. The lowest BCUT2D eigenvalue weighted by atomic mass is 10.1. The van der Waals surface area contributed by atoms with Crippen LogP contribution >= 0.6 is 0 Å². The lowest BCUT2D eigenvalue weighted by Gasteiger charge is -2.35. The third-order valence-corrected chi connectivity index (χ3v) is 2.92. The molecule has 0 bridgehead atoms. The zero-order valence-electron chi connectivity index (χ0n) is 10.4. The van der Waals surface area contributed by atoms with E-state index >= 15 is 0 Å². The average Bonchev–Trinajstić information content (AvgIpc) is 2.38. The molecule has 96 valence electrons. The summed E-state index contributed by atoms with van der Waals surface area (Å²) in [4.78, 5) is 13.8. The van der Waals surface area contributed by atoms with Gasteiger partial charge in [0.2, 0.25) is 5.91 Å². The second-order valence-corrected chi connectivity index (χ2v) is 4.05. The Bertz CT molecular complexity index is 290. The Morgan fingerprint density at radius 1 is 1.76 bits per heavy atom. The molecular formula is C11H20N4O2. The van der Waals surface area contributed by atoms with Crippen LogP contribution in [0.2, 0.25) is 0 Å². The highest BCUT2D eigenvalue weighted by molar-refractivity contribution is 5.81. The van der Waals surface area contributed by atoms with Crippen LogP contribution in [0.4, 0.5) is 0 Å². The van der Waals surface area contributed by atoms with E-state index in [1.165, 1.54) is 0 Å². The zero-order chi connectivity index (χ0) is 12.7. The van der Waals surface area contributed by atoms with Crippen molar-refractivity contribution in [1.29, 1.82) is 5.26 Å². The normalized spacial score (nSPS) is 22.8. The lowest BCUT2D eigenvalue weighted by Crippen LogP contribution is -2.57. The highest BCUT2D eigenvalue weighted by atomic mass is 16.5. The van der Waals surface area contributed by atoms with Crippen LogP contribution in [0.5, 0.6) is 0 Å². The Morgan fingerprint density at radius 2 is 2.53 bits per heavy atom. The number of hydrogen-bond donors (Lipinski definition) is 2. The van der Waals surface area contributed by atoms with E-state index in [2.05, 4.69) is 16.7 Å². The highest BCUT2D eigenvalue weighted by Crippen LogP contribution is 2.07. The van der Waals surface area contributed by atoms with Crippen LogP contribution < -0.4 is 10.6 Å². The Balaban J connectivity index is 2.46. The maximum Gasteiger partial charge on any atom is 0.237 e. The Labute approximate surface area is 102 Å². The summed E-state index contributed by atoms with van der Waals surface area (Å²) < 4.78 is 4.87. The molecule has 6 nitrogen and oxygen atoms in total. The van der Waals surface area contributed by atoms with Crippen molar-refractivity contribution in [3.8, 4) is 6.07 Å². The van der Waals surface area contributed by atoms with Gasteiger partial charge in [-0.15, -0.1) is 0 Å². The van der Waals surface area contributed by atoms with Gasteiger partial charge < -0.3 is 15.4 Å². The molecule has 2 N–H and O–H groups in total. The summed E-state index contributed by atoms with van der Waals surface area (Å²) in [6.07, 6.45) is 0. The van der Waals surface area contributed by atoms with Crippen molar-refractivity contribution < 1.29 is 9.53 Å². The molecule has 1 fully saturated rings. The molecule has 1 aliphatic rings. The molecule has 0 saturated carbocycles. The number of nitrogens with zero attached hydrogens (tertiary/aromatic N) is 2. The summed E-state index contributed by atoms with van der Waals surface area (Å²) in [5.41, 5.74) is 0. The Kier molecular flexibility index (Phi) is 5.91. The van der Waals surface area contributed by atoms with Crippen molar-refractivity contribution in [2.24, 2.45) is 0 Å². The fourth-order valence-electron chi connectivity index (χ4n) is 1.88. The van der Waals surface area contributed by atoms with E-state index < -0.39 is 0 Å². The maximum atomic E-state index is 11.8. The van der Waals surface area contributed by atoms with Crippen LogP contribution in [-0.2, 0) is 9.53 Å². The molecule has 1 rings (SSSR count). The molecule has 1 amide bonds. The molecule has 2 atom stereocenters. The molecule has 2 unspecified atom stereocenters. The first-order valence-corrected chi connectivity index (χ1v) is 5.83. The van der Waals surface area contributed by atoms with E-state index in [0.717, 1.165) is 13.1 Å². The minimum atomic E-state index is -0.279. The molecule has 1 aliphatic heterocycles. The predicted octanol–water partition coefficient (Wildman–Crippen LogP) is -1.07. The van der Waals surface area contributed by atoms with E-state index in [0.29, 0.717) is 19.7 Å². The number of rotatable bonds is 5. The summed E-state index contributed by atoms with van der Waals surface area (Å²) >= 11 is 0. The average molecular weight is 240 g/mol. The molecule has 0 radical (unpaired) electrons. The quantitative estimate of drug-likeness (QED) is 0.599. The van der Waals surface area contributed by atoms with E-state index in [4.69, 9.17) is 10.00 Å². The SMILES string of the molecule is COCCNC(=O)C(C)N1CCNCC1C#N. The number of nitrogens with one attached hydrogen (secondary N) is 2. The largest absolute Gasteiger partial charge is 0.383 e. The fraction of sp³-hybridized carbons (Fsp3) is 0.818. The molecule has 0 aromatic carbocycles. The number of carbonyl (C=O) groups is 1. The van der Waals surface area contributed by atoms with Crippen LogP contribution in [-0.4, -0.2) is 62.8 Å². The Hall–Kier alpha value is -1.16. The third-order valence-electron chi connectivity index (χ3n) is 2.92. The summed E-state index contributed by atoms with van der Waals surface area (Å²) in [5, 5.41) is 15.0. The van der Waals surface area contributed by atoms with Gasteiger partial charge in [-0.05, 0) is 6.92 Å². The molecule has 0 spiro atoms. The fourth-order valence-corrected chi connectivity index (χ4v) is 1.88. The topological polar surface area (TPSA) is 77.4 Å². The first-order valence-electron chi connectivity index (χ1n) is 5.83. The standard InChI is InChI=1S/C11H20N4O2/c1-9(11(16)14-4-6-17-2)15-5-3-13-8-10(15)7-12/h9-10,13H,3-6,8H2,1-2H3,(H,14,16). The number of piperazine rings is 1. The van der Waals surface area contributed by atoms with E-state index in [9.17, 15) is 4.79 Å². The van der Waals surface area contributed by atoms with Gasteiger partial charge in [0.15, 0.2) is 0 Å². The number of ether oxygens (including phenoxy) is 1. The van der Waals surface area contributed by atoms with Gasteiger partial charge in [0.25, 0.3) is 0 Å². The monoisotopic (exact) mass is 240 g/mol. The second kappa shape index (κ2) is 7.22. The van der Waals surface area contributed by atoms with Gasteiger partial charge in [-0.2, -0.15) is 5.26 Å². The summed E-state index contributed by atoms with van der Waals surface area (Å²) in [6.45, 7) is 4.99. The molecule has 17 heavy (non-hydrogen) atoms. The smallest absolute Gasteiger partial charge is 0.237 e. The van der Waals surface area contributed by atoms with Crippen LogP contribution in [0.3, 0.4) is 0 Å². The molecule has 6 heteroatoms. The van der Waals surface area contributed by atoms with Crippen LogP contribution in [0.15, 0.2) is 0 Å². The van der Waals surface area contributed by atoms with Gasteiger partial charge in [-0.3, -0.25) is 9.69 Å². The summed E-state index contributed by atoms with van der Waals surface area (Å²) in [5.74, 6) is -0.0517. The number of carbonyl (C=O) groups excluding carboxylic acids is 1. The minimum Gasteiger partial charge on any atom is -0.383 e. The van der Waals surface area contributed by atoms with Crippen LogP contribution in [0.1, 0.15) is 6.92 Å². The van der Waals surface area contributed by atoms with Gasteiger partial charge >= 0.3 is 0 Å². The van der Waals surface area contributed by atoms with Gasteiger partial charge in [-0.25, -0.2) is 0 Å². The number of amides is 1. The molecular weight excluding hydrogens is 220 g/mol.